The Labute approximate surface area is 63.0 Å². The first-order valence-electron chi connectivity index (χ1n) is 3.81. The number of hydrogen-bond donors (Lipinski definition) is 0. The van der Waals surface area contributed by atoms with Crippen molar-refractivity contribution in [3.63, 3.8) is 0 Å². The molecule has 58 valence electrons. The van der Waals surface area contributed by atoms with E-state index in [2.05, 4.69) is 27.7 Å². The van der Waals surface area contributed by atoms with Gasteiger partial charge in [0, 0.05) is 0 Å². The molecule has 0 unspecified atom stereocenters. The molecule has 0 saturated carbocycles. The maximum absolute atomic E-state index is 5.59. The van der Waals surface area contributed by atoms with Gasteiger partial charge in [-0.2, -0.15) is 0 Å². The largest absolute Gasteiger partial charge is 0.460 e. The summed E-state index contributed by atoms with van der Waals surface area (Å²) in [5.74, 6) is 0.460. The van der Waals surface area contributed by atoms with Crippen molar-refractivity contribution in [2.24, 2.45) is 0 Å². The monoisotopic (exact) mass is 142 g/mol. The summed E-state index contributed by atoms with van der Waals surface area (Å²) in [6, 6.07) is 0. The summed E-state index contributed by atoms with van der Waals surface area (Å²) in [7, 11) is 0.00926. The van der Waals surface area contributed by atoms with Crippen LogP contribution in [-0.2, 0) is 9.31 Å². The third kappa shape index (κ3) is 1.73. The van der Waals surface area contributed by atoms with Gasteiger partial charge in [0.2, 0.25) is 0 Å². The summed E-state index contributed by atoms with van der Waals surface area (Å²) in [6.45, 7) is 9.03. The van der Waals surface area contributed by atoms with Gasteiger partial charge < -0.3 is 9.31 Å². The van der Waals surface area contributed by atoms with Crippen LogP contribution in [0, 0.1) is 0 Å². The summed E-state index contributed by atoms with van der Waals surface area (Å²) in [4.78, 5) is 0. The van der Waals surface area contributed by atoms with Crippen LogP contribution in [0.1, 0.15) is 27.7 Å². The van der Waals surface area contributed by atoms with E-state index in [0.717, 1.165) is 6.61 Å². The zero-order valence-electron chi connectivity index (χ0n) is 7.18. The highest BCUT2D eigenvalue weighted by Gasteiger charge is 2.38. The highest BCUT2D eigenvalue weighted by molar-refractivity contribution is 6.46. The van der Waals surface area contributed by atoms with Crippen LogP contribution in [-0.4, -0.2) is 19.3 Å². The standard InChI is InChI=1S/C7H15BO2/c1-6(2)8-9-5-7(3,4)10-8/h6H,5H2,1-4H3. The lowest BCUT2D eigenvalue weighted by molar-refractivity contribution is 0.135. The topological polar surface area (TPSA) is 18.5 Å². The average molecular weight is 142 g/mol. The average Bonchev–Trinajstić information content (AvgIpc) is 2.10. The van der Waals surface area contributed by atoms with E-state index in [4.69, 9.17) is 9.31 Å². The normalized spacial score (nSPS) is 24.3. The van der Waals surface area contributed by atoms with Crippen molar-refractivity contribution in [1.82, 2.24) is 0 Å². The van der Waals surface area contributed by atoms with Crippen LogP contribution in [0.15, 0.2) is 0 Å². The predicted molar refractivity (Wildman–Crippen MR) is 42.0 cm³/mol. The lowest BCUT2D eigenvalue weighted by Crippen LogP contribution is -2.25. The molecule has 3 heteroatoms. The summed E-state index contributed by atoms with van der Waals surface area (Å²) < 4.78 is 11.0. The van der Waals surface area contributed by atoms with E-state index in [9.17, 15) is 0 Å². The molecule has 1 saturated heterocycles. The number of hydrogen-bond acceptors (Lipinski definition) is 2. The molecule has 1 fully saturated rings. The van der Waals surface area contributed by atoms with Gasteiger partial charge >= 0.3 is 7.12 Å². The fourth-order valence-electron chi connectivity index (χ4n) is 0.994. The van der Waals surface area contributed by atoms with E-state index >= 15 is 0 Å². The summed E-state index contributed by atoms with van der Waals surface area (Å²) in [5, 5.41) is 0. The Balaban J connectivity index is 2.43. The molecule has 2 nitrogen and oxygen atoms in total. The Morgan fingerprint density at radius 2 is 2.00 bits per heavy atom. The Morgan fingerprint density at radius 3 is 2.20 bits per heavy atom. The molecule has 0 radical (unpaired) electrons. The van der Waals surface area contributed by atoms with E-state index in [0.29, 0.717) is 5.82 Å². The second-order valence-corrected chi connectivity index (χ2v) is 3.80. The molecule has 1 rings (SSSR count). The fraction of sp³-hybridized carbons (Fsp3) is 1.00. The van der Waals surface area contributed by atoms with Crippen LogP contribution in [0.3, 0.4) is 0 Å². The minimum absolute atomic E-state index is 0.00926. The van der Waals surface area contributed by atoms with Crippen LogP contribution >= 0.6 is 0 Å². The van der Waals surface area contributed by atoms with Gasteiger partial charge in [0.15, 0.2) is 0 Å². The fourth-order valence-corrected chi connectivity index (χ4v) is 0.994. The Bertz CT molecular complexity index is 123. The molecule has 0 spiro atoms. The second kappa shape index (κ2) is 2.55. The van der Waals surface area contributed by atoms with Crippen LogP contribution < -0.4 is 0 Å². The molecule has 0 aliphatic carbocycles. The molecule has 0 aromatic carbocycles. The summed E-state index contributed by atoms with van der Waals surface area (Å²) >= 11 is 0. The first kappa shape index (κ1) is 8.09. The molecule has 0 amide bonds. The molecule has 1 aliphatic heterocycles. The minimum Gasteiger partial charge on any atom is -0.408 e. The molecular formula is C7H15BO2. The molecule has 0 aromatic heterocycles. The Kier molecular flexibility index (Phi) is 2.06. The Morgan fingerprint density at radius 1 is 1.40 bits per heavy atom. The van der Waals surface area contributed by atoms with Gasteiger partial charge in [-0.05, 0) is 19.7 Å². The van der Waals surface area contributed by atoms with Crippen LogP contribution in [0.5, 0.6) is 0 Å². The molecular weight excluding hydrogens is 127 g/mol. The third-order valence-corrected chi connectivity index (χ3v) is 1.57. The molecule has 1 heterocycles. The van der Waals surface area contributed by atoms with E-state index in [-0.39, 0.29) is 12.7 Å². The molecule has 0 aromatic rings. The maximum atomic E-state index is 5.59. The highest BCUT2D eigenvalue weighted by atomic mass is 16.7. The summed E-state index contributed by atoms with van der Waals surface area (Å²) in [5.41, 5.74) is -0.0745. The van der Waals surface area contributed by atoms with Gasteiger partial charge in [0.1, 0.15) is 0 Å². The Hall–Kier alpha value is -0.0151. The van der Waals surface area contributed by atoms with Crippen molar-refractivity contribution in [1.29, 1.82) is 0 Å². The lowest BCUT2D eigenvalue weighted by atomic mass is 9.75. The minimum atomic E-state index is -0.0745. The lowest BCUT2D eigenvalue weighted by Gasteiger charge is -2.16. The van der Waals surface area contributed by atoms with Crippen LogP contribution in [0.25, 0.3) is 0 Å². The second-order valence-electron chi connectivity index (χ2n) is 3.80. The maximum Gasteiger partial charge on any atom is 0.460 e. The molecule has 1 aliphatic rings. The van der Waals surface area contributed by atoms with Crippen LogP contribution in [0.4, 0.5) is 0 Å². The molecule has 0 atom stereocenters. The van der Waals surface area contributed by atoms with Gasteiger partial charge in [-0.25, -0.2) is 0 Å². The smallest absolute Gasteiger partial charge is 0.408 e. The first-order valence-corrected chi connectivity index (χ1v) is 3.81. The van der Waals surface area contributed by atoms with Crippen molar-refractivity contribution >= 4 is 7.12 Å². The molecule has 10 heavy (non-hydrogen) atoms. The van der Waals surface area contributed by atoms with Crippen LogP contribution in [0.2, 0.25) is 5.82 Å². The van der Waals surface area contributed by atoms with E-state index in [1.165, 1.54) is 0 Å². The van der Waals surface area contributed by atoms with E-state index in [1.54, 1.807) is 0 Å². The van der Waals surface area contributed by atoms with Crippen molar-refractivity contribution < 1.29 is 9.31 Å². The van der Waals surface area contributed by atoms with Crippen molar-refractivity contribution in [2.75, 3.05) is 6.61 Å². The molecule has 0 bridgehead atoms. The van der Waals surface area contributed by atoms with Crippen molar-refractivity contribution in [3.8, 4) is 0 Å². The first-order chi connectivity index (χ1) is 4.51. The SMILES string of the molecule is CC(C)B1OCC(C)(C)O1. The van der Waals surface area contributed by atoms with Gasteiger partial charge in [-0.3, -0.25) is 0 Å². The van der Waals surface area contributed by atoms with E-state index < -0.39 is 0 Å². The zero-order valence-corrected chi connectivity index (χ0v) is 7.18. The van der Waals surface area contributed by atoms with Gasteiger partial charge in [0.25, 0.3) is 0 Å². The summed E-state index contributed by atoms with van der Waals surface area (Å²) in [6.07, 6.45) is 0. The zero-order chi connectivity index (χ0) is 7.78. The quantitative estimate of drug-likeness (QED) is 0.519. The van der Waals surface area contributed by atoms with Gasteiger partial charge in [-0.1, -0.05) is 13.8 Å². The van der Waals surface area contributed by atoms with Gasteiger partial charge in [-0.15, -0.1) is 0 Å². The van der Waals surface area contributed by atoms with E-state index in [1.807, 2.05) is 0 Å². The molecule has 0 N–H and O–H groups in total. The van der Waals surface area contributed by atoms with Gasteiger partial charge in [0.05, 0.1) is 12.2 Å². The predicted octanol–water partition coefficient (Wildman–Crippen LogP) is 1.71. The van der Waals surface area contributed by atoms with Crippen molar-refractivity contribution in [2.45, 2.75) is 39.1 Å². The highest BCUT2D eigenvalue weighted by Crippen LogP contribution is 2.25. The van der Waals surface area contributed by atoms with Crippen molar-refractivity contribution in [3.05, 3.63) is 0 Å². The third-order valence-electron chi connectivity index (χ3n) is 1.57. The number of rotatable bonds is 1.